The number of nitrogens with zero attached hydrogens (tertiary/aromatic N) is 2. The third kappa shape index (κ3) is 4.82. The second-order valence-corrected chi connectivity index (χ2v) is 6.22. The van der Waals surface area contributed by atoms with Gasteiger partial charge in [-0.15, -0.1) is 0 Å². The molecule has 1 aromatic carbocycles. The first-order chi connectivity index (χ1) is 12.0. The second kappa shape index (κ2) is 8.67. The summed E-state index contributed by atoms with van der Waals surface area (Å²) in [5.74, 6) is 0.219. The van der Waals surface area contributed by atoms with E-state index in [4.69, 9.17) is 10.5 Å². The van der Waals surface area contributed by atoms with Crippen molar-refractivity contribution in [1.82, 2.24) is 15.1 Å². The van der Waals surface area contributed by atoms with Crippen LogP contribution in [0.1, 0.15) is 50.5 Å². The molecule has 2 aromatic rings. The average Bonchev–Trinajstić information content (AvgIpc) is 3.09. The van der Waals surface area contributed by atoms with E-state index in [2.05, 4.69) is 10.4 Å². The van der Waals surface area contributed by atoms with Crippen molar-refractivity contribution in [2.75, 3.05) is 13.2 Å². The summed E-state index contributed by atoms with van der Waals surface area (Å²) in [6.45, 7) is 7.01. The molecule has 1 amide bonds. The number of aromatic nitrogens is 2. The molecule has 0 fully saturated rings. The SMILES string of the molecule is CCCOc1cn(-c2ccccc2)nc1C(=O)NCC(N)(CC)CC. The molecule has 0 saturated heterocycles. The second-order valence-electron chi connectivity index (χ2n) is 6.22. The summed E-state index contributed by atoms with van der Waals surface area (Å²) in [5, 5.41) is 7.33. The molecule has 6 nitrogen and oxygen atoms in total. The molecule has 25 heavy (non-hydrogen) atoms. The van der Waals surface area contributed by atoms with Crippen LogP contribution in [0.3, 0.4) is 0 Å². The normalized spacial score (nSPS) is 11.4. The number of amides is 1. The van der Waals surface area contributed by atoms with E-state index in [1.807, 2.05) is 51.1 Å². The van der Waals surface area contributed by atoms with Gasteiger partial charge in [-0.3, -0.25) is 4.79 Å². The number of hydrogen-bond acceptors (Lipinski definition) is 4. The topological polar surface area (TPSA) is 82.2 Å². The molecule has 3 N–H and O–H groups in total. The monoisotopic (exact) mass is 344 g/mol. The number of carbonyl (C=O) groups is 1. The number of ether oxygens (including phenoxy) is 1. The van der Waals surface area contributed by atoms with Crippen LogP contribution in [0.25, 0.3) is 5.69 Å². The summed E-state index contributed by atoms with van der Waals surface area (Å²) in [5.41, 5.74) is 7.02. The lowest BCUT2D eigenvalue weighted by Crippen LogP contribution is -2.49. The Balaban J connectivity index is 2.22. The van der Waals surface area contributed by atoms with Crippen molar-refractivity contribution in [3.63, 3.8) is 0 Å². The van der Waals surface area contributed by atoms with E-state index in [1.54, 1.807) is 10.9 Å². The van der Waals surface area contributed by atoms with Crippen LogP contribution in [0.2, 0.25) is 0 Å². The Bertz CT molecular complexity index is 678. The zero-order valence-electron chi connectivity index (χ0n) is 15.3. The van der Waals surface area contributed by atoms with E-state index >= 15 is 0 Å². The van der Waals surface area contributed by atoms with Crippen molar-refractivity contribution in [2.24, 2.45) is 5.73 Å². The molecular weight excluding hydrogens is 316 g/mol. The largest absolute Gasteiger partial charge is 0.489 e. The minimum atomic E-state index is -0.401. The number of carbonyl (C=O) groups excluding carboxylic acids is 1. The van der Waals surface area contributed by atoms with E-state index < -0.39 is 5.54 Å². The van der Waals surface area contributed by atoms with Gasteiger partial charge in [0.2, 0.25) is 0 Å². The number of nitrogens with one attached hydrogen (secondary N) is 1. The third-order valence-corrected chi connectivity index (χ3v) is 4.39. The molecule has 0 atom stereocenters. The fraction of sp³-hybridized carbons (Fsp3) is 0.474. The van der Waals surface area contributed by atoms with Crippen molar-refractivity contribution < 1.29 is 9.53 Å². The van der Waals surface area contributed by atoms with Gasteiger partial charge in [-0.05, 0) is 31.4 Å². The zero-order chi connectivity index (χ0) is 18.3. The highest BCUT2D eigenvalue weighted by atomic mass is 16.5. The van der Waals surface area contributed by atoms with Gasteiger partial charge in [-0.2, -0.15) is 5.10 Å². The van der Waals surface area contributed by atoms with Gasteiger partial charge in [0.15, 0.2) is 11.4 Å². The number of rotatable bonds is 9. The molecule has 6 heteroatoms. The first-order valence-corrected chi connectivity index (χ1v) is 8.88. The van der Waals surface area contributed by atoms with Crippen molar-refractivity contribution in [2.45, 2.75) is 45.6 Å². The number of nitrogens with two attached hydrogens (primary N) is 1. The first kappa shape index (κ1) is 19.0. The van der Waals surface area contributed by atoms with Crippen molar-refractivity contribution in [3.05, 3.63) is 42.2 Å². The molecule has 1 aromatic heterocycles. The Kier molecular flexibility index (Phi) is 6.58. The van der Waals surface area contributed by atoms with E-state index in [9.17, 15) is 4.79 Å². The Morgan fingerprint density at radius 2 is 1.92 bits per heavy atom. The van der Waals surface area contributed by atoms with Crippen LogP contribution in [-0.2, 0) is 0 Å². The quantitative estimate of drug-likeness (QED) is 0.733. The Morgan fingerprint density at radius 1 is 1.24 bits per heavy atom. The predicted octanol–water partition coefficient (Wildman–Crippen LogP) is 2.91. The Labute approximate surface area is 149 Å². The van der Waals surface area contributed by atoms with Gasteiger partial charge in [0.05, 0.1) is 18.5 Å². The number of hydrogen-bond donors (Lipinski definition) is 2. The lowest BCUT2D eigenvalue weighted by atomic mass is 9.94. The molecule has 2 rings (SSSR count). The summed E-state index contributed by atoms with van der Waals surface area (Å²) in [6.07, 6.45) is 4.19. The standard InChI is InChI=1S/C19H28N4O2/c1-4-12-25-16-13-23(15-10-8-7-9-11-15)22-17(16)18(24)21-14-19(20,5-2)6-3/h7-11,13H,4-6,12,14,20H2,1-3H3,(H,21,24). The fourth-order valence-corrected chi connectivity index (χ4v) is 2.39. The first-order valence-electron chi connectivity index (χ1n) is 8.88. The average molecular weight is 344 g/mol. The summed E-state index contributed by atoms with van der Waals surface area (Å²) in [4.78, 5) is 12.6. The Hall–Kier alpha value is -2.34. The Morgan fingerprint density at radius 3 is 2.52 bits per heavy atom. The van der Waals surface area contributed by atoms with Crippen LogP contribution in [0.15, 0.2) is 36.5 Å². The summed E-state index contributed by atoms with van der Waals surface area (Å²) < 4.78 is 7.38. The minimum Gasteiger partial charge on any atom is -0.489 e. The maximum atomic E-state index is 12.6. The highest BCUT2D eigenvalue weighted by Crippen LogP contribution is 2.20. The van der Waals surface area contributed by atoms with E-state index in [0.717, 1.165) is 24.9 Å². The van der Waals surface area contributed by atoms with Gasteiger partial charge >= 0.3 is 0 Å². The summed E-state index contributed by atoms with van der Waals surface area (Å²) in [7, 11) is 0. The van der Waals surface area contributed by atoms with Gasteiger partial charge in [-0.25, -0.2) is 4.68 Å². The van der Waals surface area contributed by atoms with Gasteiger partial charge in [-0.1, -0.05) is 39.0 Å². The molecule has 0 spiro atoms. The molecule has 0 aliphatic carbocycles. The van der Waals surface area contributed by atoms with Gasteiger partial charge < -0.3 is 15.8 Å². The fourth-order valence-electron chi connectivity index (χ4n) is 2.39. The molecular formula is C19H28N4O2. The lowest BCUT2D eigenvalue weighted by molar-refractivity contribution is 0.0932. The van der Waals surface area contributed by atoms with Crippen LogP contribution in [0.4, 0.5) is 0 Å². The van der Waals surface area contributed by atoms with Crippen LogP contribution in [0, 0.1) is 0 Å². The molecule has 0 bridgehead atoms. The van der Waals surface area contributed by atoms with Crippen molar-refractivity contribution >= 4 is 5.91 Å². The van der Waals surface area contributed by atoms with E-state index in [1.165, 1.54) is 0 Å². The molecule has 1 heterocycles. The van der Waals surface area contributed by atoms with Crippen LogP contribution >= 0.6 is 0 Å². The van der Waals surface area contributed by atoms with Gasteiger partial charge in [0.1, 0.15) is 0 Å². The van der Waals surface area contributed by atoms with Crippen molar-refractivity contribution in [1.29, 1.82) is 0 Å². The van der Waals surface area contributed by atoms with Crippen molar-refractivity contribution in [3.8, 4) is 11.4 Å². The zero-order valence-corrected chi connectivity index (χ0v) is 15.3. The summed E-state index contributed by atoms with van der Waals surface area (Å²) >= 11 is 0. The molecule has 0 radical (unpaired) electrons. The van der Waals surface area contributed by atoms with E-state index in [-0.39, 0.29) is 11.6 Å². The maximum absolute atomic E-state index is 12.6. The van der Waals surface area contributed by atoms with Crippen LogP contribution < -0.4 is 15.8 Å². The van der Waals surface area contributed by atoms with Gasteiger partial charge in [0.25, 0.3) is 5.91 Å². The highest BCUT2D eigenvalue weighted by Gasteiger charge is 2.24. The van der Waals surface area contributed by atoms with Crippen LogP contribution in [0.5, 0.6) is 5.75 Å². The number of benzene rings is 1. The lowest BCUT2D eigenvalue weighted by Gasteiger charge is -2.26. The molecule has 136 valence electrons. The van der Waals surface area contributed by atoms with Crippen LogP contribution in [-0.4, -0.2) is 34.4 Å². The smallest absolute Gasteiger partial charge is 0.275 e. The maximum Gasteiger partial charge on any atom is 0.275 e. The van der Waals surface area contributed by atoms with Gasteiger partial charge in [0, 0.05) is 12.1 Å². The molecule has 0 unspecified atom stereocenters. The minimum absolute atomic E-state index is 0.266. The molecule has 0 saturated carbocycles. The molecule has 0 aliphatic heterocycles. The molecule has 0 aliphatic rings. The number of para-hydroxylation sites is 1. The third-order valence-electron chi connectivity index (χ3n) is 4.39. The predicted molar refractivity (Wildman–Crippen MR) is 99.2 cm³/mol. The highest BCUT2D eigenvalue weighted by molar-refractivity contribution is 5.95. The van der Waals surface area contributed by atoms with E-state index in [0.29, 0.717) is 18.9 Å². The summed E-state index contributed by atoms with van der Waals surface area (Å²) in [6, 6.07) is 9.64.